The van der Waals surface area contributed by atoms with Gasteiger partial charge in [0, 0.05) is 19.6 Å². The number of rotatable bonds is 8. The van der Waals surface area contributed by atoms with Crippen molar-refractivity contribution < 1.29 is 14.3 Å². The number of urea groups is 1. The van der Waals surface area contributed by atoms with Gasteiger partial charge in [-0.25, -0.2) is 4.79 Å². The summed E-state index contributed by atoms with van der Waals surface area (Å²) in [7, 11) is 3.33. The van der Waals surface area contributed by atoms with Crippen molar-refractivity contribution in [1.82, 2.24) is 15.5 Å². The molecule has 30 heavy (non-hydrogen) atoms. The summed E-state index contributed by atoms with van der Waals surface area (Å²) in [5.41, 5.74) is 3.70. The smallest absolute Gasteiger partial charge is 0.315 e. The van der Waals surface area contributed by atoms with Gasteiger partial charge in [0.25, 0.3) is 0 Å². The van der Waals surface area contributed by atoms with E-state index in [0.717, 1.165) is 37.4 Å². The van der Waals surface area contributed by atoms with Crippen LogP contribution in [-0.2, 0) is 13.0 Å². The molecule has 0 radical (unpaired) electrons. The molecule has 0 aromatic heterocycles. The number of carbonyl (C=O) groups is 1. The maximum Gasteiger partial charge on any atom is 0.315 e. The van der Waals surface area contributed by atoms with Gasteiger partial charge in [-0.3, -0.25) is 4.90 Å². The lowest BCUT2D eigenvalue weighted by Gasteiger charge is -2.42. The van der Waals surface area contributed by atoms with Gasteiger partial charge in [0.2, 0.25) is 0 Å². The molecule has 2 aromatic carbocycles. The van der Waals surface area contributed by atoms with E-state index in [9.17, 15) is 4.79 Å². The molecule has 162 valence electrons. The molecule has 2 amide bonds. The fourth-order valence-corrected chi connectivity index (χ4v) is 4.28. The van der Waals surface area contributed by atoms with Crippen LogP contribution in [0.2, 0.25) is 0 Å². The van der Waals surface area contributed by atoms with Crippen LogP contribution in [0.5, 0.6) is 11.5 Å². The van der Waals surface area contributed by atoms with E-state index in [1.807, 2.05) is 13.0 Å². The molecule has 1 aliphatic heterocycles. The third-order valence-electron chi connectivity index (χ3n) is 5.73. The molecule has 2 unspecified atom stereocenters. The molecule has 0 fully saturated rings. The zero-order valence-corrected chi connectivity index (χ0v) is 18.4. The Hall–Kier alpha value is -2.73. The number of nitrogens with zero attached hydrogens (tertiary/aromatic N) is 1. The number of ether oxygens (including phenoxy) is 2. The number of methoxy groups -OCH3 is 2. The van der Waals surface area contributed by atoms with Crippen LogP contribution in [0.3, 0.4) is 0 Å². The summed E-state index contributed by atoms with van der Waals surface area (Å²) in [5, 5.41) is 6.06. The topological polar surface area (TPSA) is 62.8 Å². The van der Waals surface area contributed by atoms with Crippen LogP contribution in [0.1, 0.15) is 43.0 Å². The van der Waals surface area contributed by atoms with Crippen molar-refractivity contribution in [3.05, 3.63) is 59.2 Å². The second-order valence-electron chi connectivity index (χ2n) is 7.58. The molecular formula is C24H33N3O3. The van der Waals surface area contributed by atoms with Gasteiger partial charge in [-0.05, 0) is 48.6 Å². The van der Waals surface area contributed by atoms with Crippen molar-refractivity contribution in [2.24, 2.45) is 0 Å². The minimum Gasteiger partial charge on any atom is -0.493 e. The van der Waals surface area contributed by atoms with Crippen molar-refractivity contribution in [2.75, 3.05) is 27.3 Å². The maximum atomic E-state index is 12.4. The fourth-order valence-electron chi connectivity index (χ4n) is 4.28. The normalized spacial score (nSPS) is 17.0. The summed E-state index contributed by atoms with van der Waals surface area (Å²) in [6.07, 6.45) is 1.75. The second-order valence-corrected chi connectivity index (χ2v) is 7.58. The summed E-state index contributed by atoms with van der Waals surface area (Å²) in [5.74, 6) is 1.46. The molecule has 6 nitrogen and oxygen atoms in total. The SMILES string of the molecule is CCNC(=O)NC(CC)C1c2cc(OC)c(OC)cc2CCN1Cc1ccccc1. The van der Waals surface area contributed by atoms with Crippen molar-refractivity contribution in [1.29, 1.82) is 0 Å². The molecule has 6 heteroatoms. The lowest BCUT2D eigenvalue weighted by molar-refractivity contribution is 0.135. The predicted octanol–water partition coefficient (Wildman–Crippen LogP) is 3.90. The predicted molar refractivity (Wildman–Crippen MR) is 119 cm³/mol. The number of nitrogens with one attached hydrogen (secondary N) is 2. The first-order chi connectivity index (χ1) is 14.6. The molecular weight excluding hydrogens is 378 g/mol. The van der Waals surface area contributed by atoms with Gasteiger partial charge in [0.05, 0.1) is 26.3 Å². The molecule has 1 aliphatic rings. The van der Waals surface area contributed by atoms with Crippen LogP contribution in [-0.4, -0.2) is 44.3 Å². The van der Waals surface area contributed by atoms with E-state index in [-0.39, 0.29) is 18.1 Å². The lowest BCUT2D eigenvalue weighted by atomic mass is 9.86. The highest BCUT2D eigenvalue weighted by atomic mass is 16.5. The standard InChI is InChI=1S/C24H33N3O3/c1-5-20(26-24(28)25-6-2)23-19-15-22(30-4)21(29-3)14-18(19)12-13-27(23)16-17-10-8-7-9-11-17/h7-11,14-15,20,23H,5-6,12-13,16H2,1-4H3,(H2,25,26,28). The average molecular weight is 412 g/mol. The number of fused-ring (bicyclic) bond motifs is 1. The van der Waals surface area contributed by atoms with Gasteiger partial charge in [0.15, 0.2) is 11.5 Å². The van der Waals surface area contributed by atoms with Gasteiger partial charge in [-0.2, -0.15) is 0 Å². The van der Waals surface area contributed by atoms with Crippen molar-refractivity contribution in [3.63, 3.8) is 0 Å². The molecule has 3 rings (SSSR count). The largest absolute Gasteiger partial charge is 0.493 e. The molecule has 0 bridgehead atoms. The Bertz CT molecular complexity index is 841. The summed E-state index contributed by atoms with van der Waals surface area (Å²) in [4.78, 5) is 14.8. The molecule has 0 saturated carbocycles. The van der Waals surface area contributed by atoms with E-state index < -0.39 is 0 Å². The Morgan fingerprint density at radius 3 is 2.47 bits per heavy atom. The molecule has 1 heterocycles. The first kappa shape index (κ1) is 22.0. The fraction of sp³-hybridized carbons (Fsp3) is 0.458. The zero-order valence-electron chi connectivity index (χ0n) is 18.4. The van der Waals surface area contributed by atoms with Crippen LogP contribution >= 0.6 is 0 Å². The van der Waals surface area contributed by atoms with Crippen molar-refractivity contribution in [2.45, 2.75) is 45.3 Å². The van der Waals surface area contributed by atoms with Crippen molar-refractivity contribution >= 4 is 6.03 Å². The summed E-state index contributed by atoms with van der Waals surface area (Å²) in [6, 6.07) is 14.5. The minimum atomic E-state index is -0.128. The Labute approximate surface area is 179 Å². The Balaban J connectivity index is 2.00. The number of hydrogen-bond donors (Lipinski definition) is 2. The highest BCUT2D eigenvalue weighted by Crippen LogP contribution is 2.40. The molecule has 0 aliphatic carbocycles. The van der Waals surface area contributed by atoms with Crippen LogP contribution in [0.15, 0.2) is 42.5 Å². The Morgan fingerprint density at radius 1 is 1.13 bits per heavy atom. The van der Waals surface area contributed by atoms with Crippen LogP contribution in [0, 0.1) is 0 Å². The molecule has 0 saturated heterocycles. The van der Waals surface area contributed by atoms with Gasteiger partial charge >= 0.3 is 6.03 Å². The highest BCUT2D eigenvalue weighted by molar-refractivity contribution is 5.74. The molecule has 0 spiro atoms. The maximum absolute atomic E-state index is 12.4. The van der Waals surface area contributed by atoms with E-state index in [4.69, 9.17) is 9.47 Å². The quantitative estimate of drug-likeness (QED) is 0.692. The van der Waals surface area contributed by atoms with E-state index in [0.29, 0.717) is 6.54 Å². The van der Waals surface area contributed by atoms with Gasteiger partial charge in [-0.15, -0.1) is 0 Å². The summed E-state index contributed by atoms with van der Waals surface area (Å²) >= 11 is 0. The number of benzene rings is 2. The Kier molecular flexibility index (Phi) is 7.57. The van der Waals surface area contributed by atoms with Crippen molar-refractivity contribution in [3.8, 4) is 11.5 Å². The van der Waals surface area contributed by atoms with Gasteiger partial charge in [0.1, 0.15) is 0 Å². The van der Waals surface area contributed by atoms with Crippen LogP contribution in [0.25, 0.3) is 0 Å². The van der Waals surface area contributed by atoms with E-state index >= 15 is 0 Å². The van der Waals surface area contributed by atoms with Gasteiger partial charge in [-0.1, -0.05) is 37.3 Å². The summed E-state index contributed by atoms with van der Waals surface area (Å²) < 4.78 is 11.1. The summed E-state index contributed by atoms with van der Waals surface area (Å²) in [6.45, 7) is 6.38. The molecule has 2 atom stereocenters. The monoisotopic (exact) mass is 411 g/mol. The average Bonchev–Trinajstić information content (AvgIpc) is 2.77. The third-order valence-corrected chi connectivity index (χ3v) is 5.73. The lowest BCUT2D eigenvalue weighted by Crippen LogP contribution is -2.50. The highest BCUT2D eigenvalue weighted by Gasteiger charge is 2.35. The first-order valence-electron chi connectivity index (χ1n) is 10.7. The van der Waals surface area contributed by atoms with Gasteiger partial charge < -0.3 is 20.1 Å². The number of hydrogen-bond acceptors (Lipinski definition) is 4. The molecule has 2 aromatic rings. The van der Waals surface area contributed by atoms with E-state index in [2.05, 4.69) is 58.9 Å². The third kappa shape index (κ3) is 4.87. The zero-order chi connectivity index (χ0) is 21.5. The van der Waals surface area contributed by atoms with E-state index in [1.165, 1.54) is 16.7 Å². The molecule has 2 N–H and O–H groups in total. The number of carbonyl (C=O) groups excluding carboxylic acids is 1. The Morgan fingerprint density at radius 2 is 1.83 bits per heavy atom. The van der Waals surface area contributed by atoms with E-state index in [1.54, 1.807) is 14.2 Å². The minimum absolute atomic E-state index is 0.0302. The second kappa shape index (κ2) is 10.3. The van der Waals surface area contributed by atoms with Crippen LogP contribution in [0.4, 0.5) is 4.79 Å². The first-order valence-corrected chi connectivity index (χ1v) is 10.7. The van der Waals surface area contributed by atoms with Crippen LogP contribution < -0.4 is 20.1 Å². The number of amides is 2.